The third-order valence-electron chi connectivity index (χ3n) is 1.71. The number of ether oxygens (including phenoxy) is 1. The molecule has 0 radical (unpaired) electrons. The van der Waals surface area contributed by atoms with E-state index in [1.54, 1.807) is 0 Å². The number of esters is 1. The summed E-state index contributed by atoms with van der Waals surface area (Å²) >= 11 is 11.4. The van der Waals surface area contributed by atoms with Crippen molar-refractivity contribution >= 4 is 35.1 Å². The molecular weight excluding hydrogens is 243 g/mol. The Kier molecular flexibility index (Phi) is 3.55. The summed E-state index contributed by atoms with van der Waals surface area (Å²) in [5, 5.41) is 8.59. The Balaban J connectivity index is 3.43. The van der Waals surface area contributed by atoms with Crippen molar-refractivity contribution in [3.63, 3.8) is 0 Å². The van der Waals surface area contributed by atoms with Gasteiger partial charge in [0.25, 0.3) is 0 Å². The van der Waals surface area contributed by atoms with Crippen LogP contribution in [-0.2, 0) is 4.74 Å². The number of carbonyl (C=O) groups excluding carboxylic acids is 1. The van der Waals surface area contributed by atoms with Gasteiger partial charge >= 0.3 is 11.9 Å². The highest BCUT2D eigenvalue weighted by molar-refractivity contribution is 6.41. The molecule has 6 heteroatoms. The lowest BCUT2D eigenvalue weighted by molar-refractivity contribution is 0.0601. The molecule has 1 aromatic carbocycles. The minimum atomic E-state index is -1.23. The number of rotatable bonds is 2. The summed E-state index contributed by atoms with van der Waals surface area (Å²) in [5.74, 6) is -2.00. The Bertz CT molecular complexity index is 428. The third kappa shape index (κ3) is 2.22. The monoisotopic (exact) mass is 248 g/mol. The van der Waals surface area contributed by atoms with E-state index in [1.807, 2.05) is 0 Å². The number of carboxylic acids is 1. The number of carbonyl (C=O) groups is 2. The van der Waals surface area contributed by atoms with Gasteiger partial charge in [0, 0.05) is 0 Å². The molecule has 80 valence electrons. The lowest BCUT2D eigenvalue weighted by atomic mass is 10.1. The summed E-state index contributed by atoms with van der Waals surface area (Å²) in [7, 11) is 1.16. The Morgan fingerprint density at radius 3 is 2.40 bits per heavy atom. The molecule has 4 nitrogen and oxygen atoms in total. The summed E-state index contributed by atoms with van der Waals surface area (Å²) in [6.45, 7) is 0. The van der Waals surface area contributed by atoms with Crippen molar-refractivity contribution in [3.05, 3.63) is 33.3 Å². The Hall–Kier alpha value is -1.26. The molecule has 0 aliphatic carbocycles. The first kappa shape index (κ1) is 11.8. The summed E-state index contributed by atoms with van der Waals surface area (Å²) in [6.07, 6.45) is 0. The predicted molar refractivity (Wildman–Crippen MR) is 54.8 cm³/mol. The number of methoxy groups -OCH3 is 1. The van der Waals surface area contributed by atoms with Gasteiger partial charge in [-0.2, -0.15) is 0 Å². The molecule has 0 fully saturated rings. The molecule has 0 aliphatic rings. The maximum Gasteiger partial charge on any atom is 0.340 e. The zero-order valence-corrected chi connectivity index (χ0v) is 9.09. The van der Waals surface area contributed by atoms with Crippen molar-refractivity contribution in [2.45, 2.75) is 0 Å². The van der Waals surface area contributed by atoms with E-state index in [-0.39, 0.29) is 21.2 Å². The first-order valence-corrected chi connectivity index (χ1v) is 4.54. The van der Waals surface area contributed by atoms with Gasteiger partial charge in [-0.3, -0.25) is 0 Å². The second-order valence-electron chi connectivity index (χ2n) is 2.58. The van der Waals surface area contributed by atoms with Crippen LogP contribution in [0, 0.1) is 0 Å². The van der Waals surface area contributed by atoms with Crippen LogP contribution in [0.5, 0.6) is 0 Å². The summed E-state index contributed by atoms with van der Waals surface area (Å²) in [5.41, 5.74) is -0.331. The standard InChI is InChI=1S/C9H6Cl2O4/c1-15-9(14)6-5(10)3-2-4(7(6)11)8(12)13/h2-3H,1H3,(H,12,13). The zero-order chi connectivity index (χ0) is 11.6. The number of aromatic carboxylic acids is 1. The van der Waals surface area contributed by atoms with Crippen molar-refractivity contribution in [2.75, 3.05) is 7.11 Å². The number of hydrogen-bond acceptors (Lipinski definition) is 3. The zero-order valence-electron chi connectivity index (χ0n) is 7.58. The Morgan fingerprint density at radius 1 is 1.33 bits per heavy atom. The molecule has 1 N–H and O–H groups in total. The van der Waals surface area contributed by atoms with Gasteiger partial charge in [-0.15, -0.1) is 0 Å². The van der Waals surface area contributed by atoms with Gasteiger partial charge in [0.1, 0.15) is 0 Å². The quantitative estimate of drug-likeness (QED) is 0.817. The van der Waals surface area contributed by atoms with Crippen LogP contribution in [0.15, 0.2) is 12.1 Å². The van der Waals surface area contributed by atoms with Crippen LogP contribution in [0.25, 0.3) is 0 Å². The molecule has 0 atom stereocenters. The number of halogens is 2. The second kappa shape index (κ2) is 4.51. The highest BCUT2D eigenvalue weighted by Gasteiger charge is 2.21. The van der Waals surface area contributed by atoms with E-state index in [9.17, 15) is 9.59 Å². The lowest BCUT2D eigenvalue weighted by Crippen LogP contribution is -2.07. The first-order valence-electron chi connectivity index (χ1n) is 3.78. The van der Waals surface area contributed by atoms with Crippen LogP contribution in [0.3, 0.4) is 0 Å². The minimum absolute atomic E-state index is 0.0526. The van der Waals surface area contributed by atoms with Crippen LogP contribution < -0.4 is 0 Å². The molecule has 0 aromatic heterocycles. The van der Waals surface area contributed by atoms with E-state index in [0.717, 1.165) is 7.11 Å². The highest BCUT2D eigenvalue weighted by Crippen LogP contribution is 2.28. The minimum Gasteiger partial charge on any atom is -0.478 e. The number of carboxylic acid groups (broad SMARTS) is 1. The van der Waals surface area contributed by atoms with Crippen molar-refractivity contribution in [1.82, 2.24) is 0 Å². The fourth-order valence-corrected chi connectivity index (χ4v) is 1.61. The largest absolute Gasteiger partial charge is 0.478 e. The highest BCUT2D eigenvalue weighted by atomic mass is 35.5. The summed E-state index contributed by atoms with van der Waals surface area (Å²) < 4.78 is 4.43. The molecule has 1 aromatic rings. The first-order chi connectivity index (χ1) is 6.99. The van der Waals surface area contributed by atoms with Gasteiger partial charge in [0.2, 0.25) is 0 Å². The van der Waals surface area contributed by atoms with Crippen molar-refractivity contribution in [1.29, 1.82) is 0 Å². The van der Waals surface area contributed by atoms with Gasteiger partial charge in [-0.25, -0.2) is 9.59 Å². The van der Waals surface area contributed by atoms with Crippen molar-refractivity contribution < 1.29 is 19.4 Å². The fourth-order valence-electron chi connectivity index (χ4n) is 1.01. The van der Waals surface area contributed by atoms with E-state index in [2.05, 4.69) is 4.74 Å². The van der Waals surface area contributed by atoms with Gasteiger partial charge in [-0.05, 0) is 12.1 Å². The van der Waals surface area contributed by atoms with E-state index in [1.165, 1.54) is 12.1 Å². The average Bonchev–Trinajstić information content (AvgIpc) is 2.16. The average molecular weight is 249 g/mol. The Labute approximate surface area is 95.4 Å². The van der Waals surface area contributed by atoms with Crippen LogP contribution >= 0.6 is 23.2 Å². The van der Waals surface area contributed by atoms with Crippen LogP contribution in [0.1, 0.15) is 20.7 Å². The van der Waals surface area contributed by atoms with Crippen molar-refractivity contribution in [3.8, 4) is 0 Å². The van der Waals surface area contributed by atoms with Crippen molar-refractivity contribution in [2.24, 2.45) is 0 Å². The molecule has 0 saturated carbocycles. The molecule has 1 rings (SSSR count). The van der Waals surface area contributed by atoms with Crippen LogP contribution in [0.4, 0.5) is 0 Å². The molecule has 0 aliphatic heterocycles. The topological polar surface area (TPSA) is 63.6 Å². The van der Waals surface area contributed by atoms with Crippen LogP contribution in [-0.4, -0.2) is 24.2 Å². The van der Waals surface area contributed by atoms with E-state index in [4.69, 9.17) is 28.3 Å². The van der Waals surface area contributed by atoms with Gasteiger partial charge < -0.3 is 9.84 Å². The lowest BCUT2D eigenvalue weighted by Gasteiger charge is -2.06. The molecule has 0 unspecified atom stereocenters. The molecule has 15 heavy (non-hydrogen) atoms. The second-order valence-corrected chi connectivity index (χ2v) is 3.37. The maximum atomic E-state index is 11.2. The molecule has 0 saturated heterocycles. The molecular formula is C9H6Cl2O4. The summed E-state index contributed by atoms with van der Waals surface area (Å²) in [4.78, 5) is 22.0. The third-order valence-corrected chi connectivity index (χ3v) is 2.42. The van der Waals surface area contributed by atoms with Gasteiger partial charge in [0.05, 0.1) is 28.3 Å². The molecule has 0 heterocycles. The predicted octanol–water partition coefficient (Wildman–Crippen LogP) is 2.48. The van der Waals surface area contributed by atoms with Gasteiger partial charge in [-0.1, -0.05) is 23.2 Å². The van der Waals surface area contributed by atoms with Gasteiger partial charge in [0.15, 0.2) is 0 Å². The molecule has 0 amide bonds. The smallest absolute Gasteiger partial charge is 0.340 e. The Morgan fingerprint density at radius 2 is 1.93 bits per heavy atom. The fraction of sp³-hybridized carbons (Fsp3) is 0.111. The number of benzene rings is 1. The van der Waals surface area contributed by atoms with Crippen LogP contribution in [0.2, 0.25) is 10.0 Å². The molecule has 0 spiro atoms. The normalized spacial score (nSPS) is 9.80. The maximum absolute atomic E-state index is 11.2. The molecule has 0 bridgehead atoms. The number of hydrogen-bond donors (Lipinski definition) is 1. The summed E-state index contributed by atoms with van der Waals surface area (Å²) in [6, 6.07) is 2.50. The van der Waals surface area contributed by atoms with E-state index < -0.39 is 11.9 Å². The van der Waals surface area contributed by atoms with E-state index in [0.29, 0.717) is 0 Å². The SMILES string of the molecule is COC(=O)c1c(Cl)ccc(C(=O)O)c1Cl. The van der Waals surface area contributed by atoms with E-state index >= 15 is 0 Å².